The summed E-state index contributed by atoms with van der Waals surface area (Å²) in [7, 11) is 0. The molecule has 3 aromatic heterocycles. The molecule has 1 aliphatic rings. The quantitative estimate of drug-likeness (QED) is 0.169. The molecule has 0 aliphatic heterocycles. The first-order valence-electron chi connectivity index (χ1n) is 19.3. The van der Waals surface area contributed by atoms with Crippen LogP contribution in [0.3, 0.4) is 0 Å². The molecule has 3 heterocycles. The Balaban J connectivity index is 0.991. The molecule has 0 fully saturated rings. The number of nitrogens with zero attached hydrogens (tertiary/aromatic N) is 1. The zero-order chi connectivity index (χ0) is 36.2. The molecule has 12 rings (SSSR count). The van der Waals surface area contributed by atoms with Crippen LogP contribution in [-0.4, -0.2) is 4.57 Å². The Labute approximate surface area is 327 Å². The van der Waals surface area contributed by atoms with Crippen LogP contribution in [0.1, 0.15) is 35.4 Å². The molecule has 0 bridgehead atoms. The molecule has 0 amide bonds. The number of aromatic nitrogens is 1. The van der Waals surface area contributed by atoms with Gasteiger partial charge in [0.05, 0.1) is 11.0 Å². The Bertz CT molecular complexity index is 3340. The van der Waals surface area contributed by atoms with E-state index in [4.69, 9.17) is 0 Å². The Morgan fingerprint density at radius 1 is 0.509 bits per heavy atom. The molecule has 55 heavy (non-hydrogen) atoms. The highest BCUT2D eigenvalue weighted by atomic mass is 32.1. The molecule has 2 atom stereocenters. The van der Waals surface area contributed by atoms with Crippen LogP contribution in [0.4, 0.5) is 0 Å². The lowest BCUT2D eigenvalue weighted by Crippen LogP contribution is -2.17. The smallest absolute Gasteiger partial charge is 0.0547 e. The average Bonchev–Trinajstić information content (AvgIpc) is 3.92. The molecule has 1 aliphatic carbocycles. The predicted octanol–water partition coefficient (Wildman–Crippen LogP) is 15.3. The Kier molecular flexibility index (Phi) is 6.84. The van der Waals surface area contributed by atoms with Crippen molar-refractivity contribution in [2.24, 2.45) is 0 Å². The van der Waals surface area contributed by atoms with Gasteiger partial charge in [-0.1, -0.05) is 128 Å². The van der Waals surface area contributed by atoms with Gasteiger partial charge in [0.25, 0.3) is 0 Å². The van der Waals surface area contributed by atoms with Gasteiger partial charge >= 0.3 is 0 Å². The summed E-state index contributed by atoms with van der Waals surface area (Å²) in [6.45, 7) is 2.45. The monoisotopic (exact) mass is 737 g/mol. The standard InChI is InChI=1S/C52H35NS2/c1-31(35-17-10-19-41-39-14-5-9-23-49(39)55-52(35)41)43-28-33-25-24-32(29-44(33)38-13-3-2-12-37(38)43)36-18-11-21-47-51(36)42-16-4-7-20-46(42)53(47)34-26-27-50-45(30-34)40-15-6-8-22-48(40)54-50/h2-27,29-31,43H,28H2,1H3. The van der Waals surface area contributed by atoms with Crippen molar-refractivity contribution in [3.8, 4) is 27.9 Å². The van der Waals surface area contributed by atoms with E-state index < -0.39 is 0 Å². The van der Waals surface area contributed by atoms with Gasteiger partial charge in [0.2, 0.25) is 0 Å². The van der Waals surface area contributed by atoms with Crippen molar-refractivity contribution in [2.45, 2.75) is 25.2 Å². The van der Waals surface area contributed by atoms with Gasteiger partial charge in [0.15, 0.2) is 0 Å². The number of benzene rings is 8. The number of fused-ring (bicyclic) bond motifs is 12. The minimum Gasteiger partial charge on any atom is -0.309 e. The van der Waals surface area contributed by atoms with Crippen LogP contribution < -0.4 is 0 Å². The first kappa shape index (κ1) is 31.4. The summed E-state index contributed by atoms with van der Waals surface area (Å²) < 4.78 is 7.94. The summed E-state index contributed by atoms with van der Waals surface area (Å²) in [4.78, 5) is 0. The van der Waals surface area contributed by atoms with Crippen molar-refractivity contribution >= 4 is 84.8 Å². The molecule has 0 saturated carbocycles. The maximum absolute atomic E-state index is 2.48. The third kappa shape index (κ3) is 4.64. The van der Waals surface area contributed by atoms with E-state index in [1.807, 2.05) is 22.7 Å². The minimum absolute atomic E-state index is 0.372. The van der Waals surface area contributed by atoms with Crippen LogP contribution in [0.2, 0.25) is 0 Å². The first-order chi connectivity index (χ1) is 27.2. The second kappa shape index (κ2) is 12.0. The van der Waals surface area contributed by atoms with Gasteiger partial charge in [0, 0.05) is 56.8 Å². The van der Waals surface area contributed by atoms with E-state index in [1.54, 1.807) is 0 Å². The summed E-state index contributed by atoms with van der Waals surface area (Å²) in [6, 6.07) is 63.8. The Morgan fingerprint density at radius 3 is 2.07 bits per heavy atom. The van der Waals surface area contributed by atoms with Gasteiger partial charge in [-0.25, -0.2) is 0 Å². The van der Waals surface area contributed by atoms with Crippen LogP contribution in [0.25, 0.3) is 90.1 Å². The molecule has 3 heteroatoms. The predicted molar refractivity (Wildman–Crippen MR) is 239 cm³/mol. The van der Waals surface area contributed by atoms with Crippen molar-refractivity contribution in [3.63, 3.8) is 0 Å². The highest BCUT2D eigenvalue weighted by Gasteiger charge is 2.31. The lowest BCUT2D eigenvalue weighted by molar-refractivity contribution is 0.571. The summed E-state index contributed by atoms with van der Waals surface area (Å²) in [5, 5.41) is 7.99. The summed E-state index contributed by atoms with van der Waals surface area (Å²) in [6.07, 6.45) is 1.03. The maximum atomic E-state index is 2.48. The molecule has 2 unspecified atom stereocenters. The number of hydrogen-bond acceptors (Lipinski definition) is 2. The zero-order valence-corrected chi connectivity index (χ0v) is 31.9. The second-order valence-electron chi connectivity index (χ2n) is 15.2. The van der Waals surface area contributed by atoms with Crippen molar-refractivity contribution < 1.29 is 0 Å². The first-order valence-corrected chi connectivity index (χ1v) is 20.9. The number of rotatable bonds is 4. The number of para-hydroxylation sites is 1. The van der Waals surface area contributed by atoms with Crippen LogP contribution in [-0.2, 0) is 6.42 Å². The van der Waals surface area contributed by atoms with Crippen LogP contribution in [0.5, 0.6) is 0 Å². The van der Waals surface area contributed by atoms with E-state index in [0.717, 1.165) is 6.42 Å². The van der Waals surface area contributed by atoms with Gasteiger partial charge in [0.1, 0.15) is 0 Å². The second-order valence-corrected chi connectivity index (χ2v) is 17.3. The Hall–Kier alpha value is -6.00. The lowest BCUT2D eigenvalue weighted by atomic mass is 9.71. The van der Waals surface area contributed by atoms with Gasteiger partial charge in [-0.3, -0.25) is 0 Å². The minimum atomic E-state index is 0.372. The molecule has 0 spiro atoms. The average molecular weight is 738 g/mol. The fourth-order valence-electron chi connectivity index (χ4n) is 9.77. The number of thiophene rings is 2. The highest BCUT2D eigenvalue weighted by molar-refractivity contribution is 7.26. The summed E-state index contributed by atoms with van der Waals surface area (Å²) in [5.41, 5.74) is 13.3. The van der Waals surface area contributed by atoms with Gasteiger partial charge < -0.3 is 4.57 Å². The van der Waals surface area contributed by atoms with E-state index >= 15 is 0 Å². The highest BCUT2D eigenvalue weighted by Crippen LogP contribution is 2.50. The van der Waals surface area contributed by atoms with Crippen LogP contribution >= 0.6 is 22.7 Å². The molecule has 260 valence electrons. The zero-order valence-electron chi connectivity index (χ0n) is 30.3. The lowest BCUT2D eigenvalue weighted by Gasteiger charge is -2.33. The topological polar surface area (TPSA) is 4.93 Å². The van der Waals surface area contributed by atoms with E-state index in [-0.39, 0.29) is 0 Å². The van der Waals surface area contributed by atoms with Gasteiger partial charge in [-0.2, -0.15) is 0 Å². The van der Waals surface area contributed by atoms with E-state index in [2.05, 4.69) is 181 Å². The molecule has 8 aromatic carbocycles. The van der Waals surface area contributed by atoms with E-state index in [1.165, 1.54) is 107 Å². The normalized spacial score (nSPS) is 14.7. The van der Waals surface area contributed by atoms with Crippen molar-refractivity contribution in [1.29, 1.82) is 0 Å². The Morgan fingerprint density at radius 2 is 1.18 bits per heavy atom. The molecule has 0 saturated heterocycles. The molecule has 0 N–H and O–H groups in total. The molecule has 0 radical (unpaired) electrons. The SMILES string of the molecule is CC(c1cccc2c1sc1ccccc12)C1Cc2ccc(-c3cccc4c3c3ccccc3n4-c3ccc4sc5ccccc5c4c3)cc2-c2ccccc21. The van der Waals surface area contributed by atoms with Gasteiger partial charge in [-0.05, 0) is 106 Å². The van der Waals surface area contributed by atoms with Crippen molar-refractivity contribution in [2.75, 3.05) is 0 Å². The van der Waals surface area contributed by atoms with Crippen molar-refractivity contribution in [3.05, 3.63) is 187 Å². The van der Waals surface area contributed by atoms with Crippen LogP contribution in [0.15, 0.2) is 170 Å². The van der Waals surface area contributed by atoms with Crippen LogP contribution in [0, 0.1) is 0 Å². The molecular formula is C52H35NS2. The third-order valence-corrected chi connectivity index (χ3v) is 14.7. The van der Waals surface area contributed by atoms with Gasteiger partial charge in [-0.15, -0.1) is 22.7 Å². The van der Waals surface area contributed by atoms with E-state index in [0.29, 0.717) is 11.8 Å². The fourth-order valence-corrected chi connectivity index (χ4v) is 12.2. The molecule has 11 aromatic rings. The number of hydrogen-bond donors (Lipinski definition) is 0. The third-order valence-electron chi connectivity index (χ3n) is 12.4. The maximum Gasteiger partial charge on any atom is 0.0547 e. The van der Waals surface area contributed by atoms with E-state index in [9.17, 15) is 0 Å². The largest absolute Gasteiger partial charge is 0.309 e. The summed E-state index contributed by atoms with van der Waals surface area (Å²) in [5.74, 6) is 0.765. The fraction of sp³-hybridized carbons (Fsp3) is 0.0769. The molecule has 1 nitrogen and oxygen atoms in total. The van der Waals surface area contributed by atoms with Crippen molar-refractivity contribution in [1.82, 2.24) is 4.57 Å². The summed E-state index contributed by atoms with van der Waals surface area (Å²) >= 11 is 3.82. The molecular weight excluding hydrogens is 703 g/mol.